The van der Waals surface area contributed by atoms with Gasteiger partial charge in [-0.1, -0.05) is 0 Å². The summed E-state index contributed by atoms with van der Waals surface area (Å²) in [4.78, 5) is 21.2. The van der Waals surface area contributed by atoms with Gasteiger partial charge in [-0.2, -0.15) is 0 Å². The van der Waals surface area contributed by atoms with Crippen molar-refractivity contribution in [3.63, 3.8) is 0 Å². The van der Waals surface area contributed by atoms with Gasteiger partial charge in [-0.05, 0) is 24.3 Å². The molecule has 6 nitrogen and oxygen atoms in total. The van der Waals surface area contributed by atoms with Gasteiger partial charge in [0, 0.05) is 17.7 Å². The Morgan fingerprint density at radius 3 is 2.43 bits per heavy atom. The fraction of sp³-hybridized carbons (Fsp3) is 0. The number of carbonyl (C=O) groups is 1. The van der Waals surface area contributed by atoms with Crippen LogP contribution in [-0.2, 0) is 0 Å². The molecule has 0 aliphatic heterocycles. The van der Waals surface area contributed by atoms with Crippen LogP contribution >= 0.6 is 0 Å². The molecule has 0 fully saturated rings. The van der Waals surface area contributed by atoms with Gasteiger partial charge in [0.15, 0.2) is 11.6 Å². The number of amides is 1. The van der Waals surface area contributed by atoms with Crippen LogP contribution in [0.4, 0.5) is 14.5 Å². The Labute approximate surface area is 116 Å². The third-order valence-corrected chi connectivity index (χ3v) is 2.56. The lowest BCUT2D eigenvalue weighted by molar-refractivity contribution is -0.385. The van der Waals surface area contributed by atoms with Gasteiger partial charge in [0.1, 0.15) is 5.75 Å². The summed E-state index contributed by atoms with van der Waals surface area (Å²) in [5.74, 6) is -3.40. The van der Waals surface area contributed by atoms with Gasteiger partial charge in [-0.15, -0.1) is 0 Å². The molecule has 0 bridgehead atoms. The normalized spacial score (nSPS) is 10.2. The first kappa shape index (κ1) is 14.4. The van der Waals surface area contributed by atoms with Crippen LogP contribution in [0.5, 0.6) is 11.5 Å². The van der Waals surface area contributed by atoms with Crippen LogP contribution < -0.4 is 10.5 Å². The molecule has 0 aromatic heterocycles. The van der Waals surface area contributed by atoms with Crippen molar-refractivity contribution in [2.45, 2.75) is 0 Å². The molecule has 0 saturated heterocycles. The summed E-state index contributed by atoms with van der Waals surface area (Å²) in [5, 5.41) is 10.9. The lowest BCUT2D eigenvalue weighted by Crippen LogP contribution is -2.11. The lowest BCUT2D eigenvalue weighted by atomic mass is 10.2. The van der Waals surface area contributed by atoms with Gasteiger partial charge in [0.05, 0.1) is 4.92 Å². The molecule has 108 valence electrons. The molecule has 0 radical (unpaired) electrons. The molecule has 2 aromatic rings. The van der Waals surface area contributed by atoms with Gasteiger partial charge < -0.3 is 10.5 Å². The molecule has 2 rings (SSSR count). The first-order valence-electron chi connectivity index (χ1n) is 5.59. The zero-order valence-electron chi connectivity index (χ0n) is 10.4. The number of nitrogens with two attached hydrogens (primary N) is 1. The maximum Gasteiger partial charge on any atom is 0.312 e. The second-order valence-corrected chi connectivity index (χ2v) is 3.98. The van der Waals surface area contributed by atoms with Crippen LogP contribution in [0.2, 0.25) is 0 Å². The molecule has 2 aromatic carbocycles. The maximum absolute atomic E-state index is 13.1. The van der Waals surface area contributed by atoms with E-state index in [2.05, 4.69) is 0 Å². The zero-order chi connectivity index (χ0) is 15.6. The van der Waals surface area contributed by atoms with E-state index in [1.165, 1.54) is 6.07 Å². The van der Waals surface area contributed by atoms with Gasteiger partial charge in [-0.3, -0.25) is 14.9 Å². The quantitative estimate of drug-likeness (QED) is 0.692. The number of hydrogen-bond acceptors (Lipinski definition) is 4. The number of nitrogens with zero attached hydrogens (tertiary/aromatic N) is 1. The highest BCUT2D eigenvalue weighted by Crippen LogP contribution is 2.32. The van der Waals surface area contributed by atoms with Crippen molar-refractivity contribution in [2.24, 2.45) is 5.73 Å². The lowest BCUT2D eigenvalue weighted by Gasteiger charge is -2.07. The Morgan fingerprint density at radius 1 is 1.14 bits per heavy atom. The van der Waals surface area contributed by atoms with E-state index in [9.17, 15) is 23.7 Å². The number of carbonyl (C=O) groups excluding carboxylic acids is 1. The molecule has 0 aliphatic carbocycles. The first-order chi connectivity index (χ1) is 9.88. The minimum atomic E-state index is -1.15. The predicted molar refractivity (Wildman–Crippen MR) is 68.0 cm³/mol. The van der Waals surface area contributed by atoms with Crippen molar-refractivity contribution in [2.75, 3.05) is 0 Å². The molecule has 0 unspecified atom stereocenters. The summed E-state index contributed by atoms with van der Waals surface area (Å²) < 4.78 is 31.0. The van der Waals surface area contributed by atoms with Gasteiger partial charge >= 0.3 is 5.69 Å². The number of halogens is 2. The molecular formula is C13H8F2N2O4. The van der Waals surface area contributed by atoms with E-state index in [1.54, 1.807) is 0 Å². The van der Waals surface area contributed by atoms with Crippen LogP contribution in [0.3, 0.4) is 0 Å². The second-order valence-electron chi connectivity index (χ2n) is 3.98. The number of nitro groups is 1. The van der Waals surface area contributed by atoms with E-state index < -0.39 is 28.2 Å². The molecule has 0 heterocycles. The number of hydrogen-bond donors (Lipinski definition) is 1. The smallest absolute Gasteiger partial charge is 0.312 e. The van der Waals surface area contributed by atoms with Crippen molar-refractivity contribution in [1.29, 1.82) is 0 Å². The first-order valence-corrected chi connectivity index (χ1v) is 5.59. The minimum Gasteiger partial charge on any atom is -0.450 e. The average molecular weight is 294 g/mol. The Hall–Kier alpha value is -3.03. The van der Waals surface area contributed by atoms with E-state index in [4.69, 9.17) is 10.5 Å². The highest BCUT2D eigenvalue weighted by molar-refractivity contribution is 5.93. The van der Waals surface area contributed by atoms with Crippen LogP contribution in [0.15, 0.2) is 36.4 Å². The molecule has 8 heteroatoms. The fourth-order valence-electron chi connectivity index (χ4n) is 1.57. The summed E-state index contributed by atoms with van der Waals surface area (Å²) in [5.41, 5.74) is 4.44. The number of benzene rings is 2. The summed E-state index contributed by atoms with van der Waals surface area (Å²) in [6, 6.07) is 6.01. The molecule has 1 amide bonds. The monoisotopic (exact) mass is 294 g/mol. The molecular weight excluding hydrogens is 286 g/mol. The molecule has 0 saturated carbocycles. The van der Waals surface area contributed by atoms with Crippen LogP contribution in [0.1, 0.15) is 10.4 Å². The van der Waals surface area contributed by atoms with Crippen LogP contribution in [0, 0.1) is 21.7 Å². The van der Waals surface area contributed by atoms with Crippen molar-refractivity contribution in [3.05, 3.63) is 63.7 Å². The molecule has 0 atom stereocenters. The SMILES string of the molecule is NC(=O)c1ccc(Oc2ccc(F)c(F)c2)c([N+](=O)[O-])c1. The third-order valence-electron chi connectivity index (χ3n) is 2.56. The summed E-state index contributed by atoms with van der Waals surface area (Å²) in [6.45, 7) is 0. The summed E-state index contributed by atoms with van der Waals surface area (Å²) >= 11 is 0. The Kier molecular flexibility index (Phi) is 3.79. The maximum atomic E-state index is 13.1. The second kappa shape index (κ2) is 5.53. The highest BCUT2D eigenvalue weighted by atomic mass is 19.2. The third kappa shape index (κ3) is 3.11. The highest BCUT2D eigenvalue weighted by Gasteiger charge is 2.19. The summed E-state index contributed by atoms with van der Waals surface area (Å²) in [6.07, 6.45) is 0. The molecule has 21 heavy (non-hydrogen) atoms. The van der Waals surface area contributed by atoms with Crippen molar-refractivity contribution >= 4 is 11.6 Å². The van der Waals surface area contributed by atoms with Crippen molar-refractivity contribution in [1.82, 2.24) is 0 Å². The summed E-state index contributed by atoms with van der Waals surface area (Å²) in [7, 11) is 0. The number of nitro benzene ring substituents is 1. The minimum absolute atomic E-state index is 0.0701. The standard InChI is InChI=1S/C13H8F2N2O4/c14-9-3-2-8(6-10(9)15)21-12-4-1-7(13(16)18)5-11(12)17(19)20/h1-6H,(H2,16,18). The molecule has 2 N–H and O–H groups in total. The predicted octanol–water partition coefficient (Wildman–Crippen LogP) is 2.76. The van der Waals surface area contributed by atoms with Gasteiger partial charge in [0.2, 0.25) is 11.7 Å². The Bertz CT molecular complexity index is 734. The van der Waals surface area contributed by atoms with Crippen LogP contribution in [0.25, 0.3) is 0 Å². The van der Waals surface area contributed by atoms with E-state index in [1.807, 2.05) is 0 Å². The van der Waals surface area contributed by atoms with E-state index >= 15 is 0 Å². The largest absolute Gasteiger partial charge is 0.450 e. The molecule has 0 spiro atoms. The Balaban J connectivity index is 2.41. The van der Waals surface area contributed by atoms with E-state index in [0.29, 0.717) is 0 Å². The van der Waals surface area contributed by atoms with Crippen molar-refractivity contribution in [3.8, 4) is 11.5 Å². The average Bonchev–Trinajstić information content (AvgIpc) is 2.43. The molecule has 0 aliphatic rings. The zero-order valence-corrected chi connectivity index (χ0v) is 10.4. The number of primary amides is 1. The number of ether oxygens (including phenoxy) is 1. The Morgan fingerprint density at radius 2 is 1.86 bits per heavy atom. The van der Waals surface area contributed by atoms with Crippen molar-refractivity contribution < 1.29 is 23.2 Å². The van der Waals surface area contributed by atoms with Gasteiger partial charge in [0.25, 0.3) is 0 Å². The fourth-order valence-corrected chi connectivity index (χ4v) is 1.57. The number of rotatable bonds is 4. The van der Waals surface area contributed by atoms with E-state index in [-0.39, 0.29) is 17.1 Å². The van der Waals surface area contributed by atoms with Crippen LogP contribution in [-0.4, -0.2) is 10.8 Å². The topological polar surface area (TPSA) is 95.5 Å². The van der Waals surface area contributed by atoms with E-state index in [0.717, 1.165) is 30.3 Å². The van der Waals surface area contributed by atoms with Gasteiger partial charge in [-0.25, -0.2) is 8.78 Å².